The van der Waals surface area contributed by atoms with Crippen LogP contribution in [0.5, 0.6) is 0 Å². The van der Waals surface area contributed by atoms with Gasteiger partial charge in [-0.2, -0.15) is 0 Å². The second-order valence-corrected chi connectivity index (χ2v) is 11.2. The molecule has 0 bridgehead atoms. The van der Waals surface area contributed by atoms with Crippen LogP contribution >= 0.6 is 0 Å². The van der Waals surface area contributed by atoms with Crippen molar-refractivity contribution in [2.45, 2.75) is 65.3 Å². The van der Waals surface area contributed by atoms with Crippen LogP contribution in [0, 0.1) is 0 Å². The van der Waals surface area contributed by atoms with E-state index in [2.05, 4.69) is 33.9 Å². The van der Waals surface area contributed by atoms with Crippen LogP contribution < -0.4 is 0 Å². The van der Waals surface area contributed by atoms with Gasteiger partial charge in [-0.15, -0.1) is 0 Å². The van der Waals surface area contributed by atoms with Crippen LogP contribution in [0.1, 0.15) is 41.5 Å². The second-order valence-electron chi connectivity index (χ2n) is 6.40. The van der Waals surface area contributed by atoms with Gasteiger partial charge in [0.25, 0.3) is 0 Å². The van der Waals surface area contributed by atoms with Crippen molar-refractivity contribution in [3.05, 3.63) is 0 Å². The Kier molecular flexibility index (Phi) is 4.77. The molecule has 96 valence electrons. The van der Waals surface area contributed by atoms with Gasteiger partial charge in [-0.1, -0.05) is 20.8 Å². The summed E-state index contributed by atoms with van der Waals surface area (Å²) in [5.74, 6) is -0.260. The Hall–Kier alpha value is -0.353. The standard InChI is InChI=1S/C12H26O3Si/c1-10(13)15-12(5,6)9-14-16(7,8)11(2,3)4/h9H2,1-8H3. The molecule has 0 atom stereocenters. The van der Waals surface area contributed by atoms with Crippen molar-refractivity contribution in [3.8, 4) is 0 Å². The van der Waals surface area contributed by atoms with Gasteiger partial charge >= 0.3 is 5.97 Å². The van der Waals surface area contributed by atoms with Gasteiger partial charge in [-0.05, 0) is 32.0 Å². The monoisotopic (exact) mass is 246 g/mol. The van der Waals surface area contributed by atoms with Crippen LogP contribution in [0.4, 0.5) is 0 Å². The SMILES string of the molecule is CC(=O)OC(C)(C)CO[Si](C)(C)C(C)(C)C. The van der Waals surface area contributed by atoms with Crippen LogP contribution in [0.2, 0.25) is 18.1 Å². The summed E-state index contributed by atoms with van der Waals surface area (Å²) in [5, 5.41) is 0.180. The summed E-state index contributed by atoms with van der Waals surface area (Å²) in [6.45, 7) is 16.6. The van der Waals surface area contributed by atoms with Gasteiger partial charge in [0, 0.05) is 6.92 Å². The lowest BCUT2D eigenvalue weighted by molar-refractivity contribution is -0.156. The second kappa shape index (κ2) is 4.88. The molecule has 0 saturated heterocycles. The Bertz CT molecular complexity index is 251. The van der Waals surface area contributed by atoms with Gasteiger partial charge in [-0.3, -0.25) is 4.79 Å². The summed E-state index contributed by atoms with van der Waals surface area (Å²) in [4.78, 5) is 10.9. The molecule has 0 amide bonds. The maximum absolute atomic E-state index is 10.9. The highest BCUT2D eigenvalue weighted by Crippen LogP contribution is 2.37. The minimum Gasteiger partial charge on any atom is -0.457 e. The van der Waals surface area contributed by atoms with Crippen molar-refractivity contribution in [2.75, 3.05) is 6.61 Å². The molecule has 0 radical (unpaired) electrons. The van der Waals surface area contributed by atoms with Crippen molar-refractivity contribution in [2.24, 2.45) is 0 Å². The Morgan fingerprint density at radius 3 is 1.88 bits per heavy atom. The Morgan fingerprint density at radius 2 is 1.56 bits per heavy atom. The minimum atomic E-state index is -1.76. The molecule has 0 aromatic heterocycles. The molecular formula is C12H26O3Si. The molecule has 0 aromatic rings. The highest BCUT2D eigenvalue weighted by molar-refractivity contribution is 6.74. The number of hydrogen-bond acceptors (Lipinski definition) is 3. The van der Waals surface area contributed by atoms with Gasteiger partial charge in [0.1, 0.15) is 5.60 Å². The summed E-state index contributed by atoms with van der Waals surface area (Å²) in [6.07, 6.45) is 0. The summed E-state index contributed by atoms with van der Waals surface area (Å²) >= 11 is 0. The summed E-state index contributed by atoms with van der Waals surface area (Å²) in [6, 6.07) is 0. The molecule has 0 aliphatic heterocycles. The largest absolute Gasteiger partial charge is 0.457 e. The zero-order valence-electron chi connectivity index (χ0n) is 11.9. The van der Waals surface area contributed by atoms with E-state index in [1.807, 2.05) is 13.8 Å². The number of ether oxygens (including phenoxy) is 1. The first-order valence-electron chi connectivity index (χ1n) is 5.71. The maximum atomic E-state index is 10.9. The lowest BCUT2D eigenvalue weighted by atomic mass is 10.1. The fourth-order valence-corrected chi connectivity index (χ4v) is 2.13. The third-order valence-electron chi connectivity index (χ3n) is 3.01. The number of carbonyl (C=O) groups excluding carboxylic acids is 1. The number of esters is 1. The van der Waals surface area contributed by atoms with Gasteiger partial charge in [0.2, 0.25) is 0 Å². The van der Waals surface area contributed by atoms with E-state index >= 15 is 0 Å². The highest BCUT2D eigenvalue weighted by Gasteiger charge is 2.38. The van der Waals surface area contributed by atoms with Crippen molar-refractivity contribution in [1.82, 2.24) is 0 Å². The van der Waals surface area contributed by atoms with Gasteiger partial charge in [-0.25, -0.2) is 0 Å². The minimum absolute atomic E-state index is 0.180. The van der Waals surface area contributed by atoms with Crippen LogP contribution in [-0.4, -0.2) is 26.5 Å². The molecule has 0 spiro atoms. The van der Waals surface area contributed by atoms with E-state index in [1.54, 1.807) is 0 Å². The summed E-state index contributed by atoms with van der Waals surface area (Å²) < 4.78 is 11.2. The predicted octanol–water partition coefficient (Wildman–Crippen LogP) is 3.35. The molecule has 0 saturated carbocycles. The van der Waals surface area contributed by atoms with E-state index in [9.17, 15) is 4.79 Å². The smallest absolute Gasteiger partial charge is 0.303 e. The molecule has 0 heterocycles. The highest BCUT2D eigenvalue weighted by atomic mass is 28.4. The molecule has 0 aromatic carbocycles. The van der Waals surface area contributed by atoms with Crippen LogP contribution in [0.3, 0.4) is 0 Å². The lowest BCUT2D eigenvalue weighted by Gasteiger charge is -2.38. The first-order chi connectivity index (χ1) is 6.87. The molecule has 0 aliphatic rings. The molecule has 0 N–H and O–H groups in total. The van der Waals surface area contributed by atoms with E-state index < -0.39 is 13.9 Å². The van der Waals surface area contributed by atoms with Crippen LogP contribution in [0.15, 0.2) is 0 Å². The summed E-state index contributed by atoms with van der Waals surface area (Å²) in [7, 11) is -1.76. The van der Waals surface area contributed by atoms with Crippen molar-refractivity contribution in [1.29, 1.82) is 0 Å². The third-order valence-corrected chi connectivity index (χ3v) is 7.49. The zero-order valence-corrected chi connectivity index (χ0v) is 12.9. The number of hydrogen-bond donors (Lipinski definition) is 0. The van der Waals surface area contributed by atoms with Gasteiger partial charge in [0.15, 0.2) is 8.32 Å². The van der Waals surface area contributed by atoms with Gasteiger partial charge < -0.3 is 9.16 Å². The maximum Gasteiger partial charge on any atom is 0.303 e. The average molecular weight is 246 g/mol. The van der Waals surface area contributed by atoms with Crippen molar-refractivity contribution >= 4 is 14.3 Å². The first-order valence-corrected chi connectivity index (χ1v) is 8.62. The predicted molar refractivity (Wildman–Crippen MR) is 69.0 cm³/mol. The molecule has 0 fully saturated rings. The average Bonchev–Trinajstić information content (AvgIpc) is 1.96. The lowest BCUT2D eigenvalue weighted by Crippen LogP contribution is -2.45. The quantitative estimate of drug-likeness (QED) is 0.563. The van der Waals surface area contributed by atoms with Gasteiger partial charge in [0.05, 0.1) is 6.61 Å². The van der Waals surface area contributed by atoms with Crippen molar-refractivity contribution < 1.29 is 14.0 Å². The van der Waals surface area contributed by atoms with E-state index in [1.165, 1.54) is 6.92 Å². The number of rotatable bonds is 4. The molecule has 3 nitrogen and oxygen atoms in total. The zero-order chi connectivity index (χ0) is 13.2. The molecule has 0 rings (SSSR count). The number of carbonyl (C=O) groups is 1. The van der Waals surface area contributed by atoms with E-state index in [-0.39, 0.29) is 11.0 Å². The Balaban J connectivity index is 4.39. The molecule has 0 unspecified atom stereocenters. The topological polar surface area (TPSA) is 35.5 Å². The van der Waals surface area contributed by atoms with E-state index in [0.29, 0.717) is 6.61 Å². The van der Waals surface area contributed by atoms with E-state index in [4.69, 9.17) is 9.16 Å². The molecular weight excluding hydrogens is 220 g/mol. The van der Waals surface area contributed by atoms with Crippen LogP contribution in [-0.2, 0) is 14.0 Å². The van der Waals surface area contributed by atoms with Crippen molar-refractivity contribution in [3.63, 3.8) is 0 Å². The van der Waals surface area contributed by atoms with Crippen LogP contribution in [0.25, 0.3) is 0 Å². The Morgan fingerprint density at radius 1 is 1.12 bits per heavy atom. The van der Waals surface area contributed by atoms with E-state index in [0.717, 1.165) is 0 Å². The third kappa shape index (κ3) is 5.12. The Labute approximate surface area is 101 Å². The molecule has 16 heavy (non-hydrogen) atoms. The normalized spacial score (nSPS) is 13.8. The fourth-order valence-electron chi connectivity index (χ4n) is 0.989. The first kappa shape index (κ1) is 15.6. The molecule has 0 aliphatic carbocycles. The summed E-state index contributed by atoms with van der Waals surface area (Å²) in [5.41, 5.74) is -0.540. The molecule has 4 heteroatoms. The fraction of sp³-hybridized carbons (Fsp3) is 0.917.